The number of fused-ring (bicyclic) bond motifs is 1. The van der Waals surface area contributed by atoms with E-state index in [1.807, 2.05) is 12.1 Å². The molecule has 0 bridgehead atoms. The molecule has 3 aromatic rings. The van der Waals surface area contributed by atoms with Gasteiger partial charge in [0.15, 0.2) is 11.5 Å². The smallest absolute Gasteiger partial charge is 0.188 e. The molecule has 0 radical (unpaired) electrons. The van der Waals surface area contributed by atoms with Crippen LogP contribution >= 0.6 is 23.2 Å². The van der Waals surface area contributed by atoms with E-state index in [0.29, 0.717) is 38.6 Å². The Morgan fingerprint density at radius 1 is 1.04 bits per heavy atom. The van der Waals surface area contributed by atoms with E-state index in [9.17, 15) is 0 Å². The standard InChI is InChI=1S/C20H19Cl2N3O2/c1-26-16-10-9-13-17(19(16)27-12-5-2-3-6-12)23-11-24-20(13)25-18-14(21)7-4-8-15(18)22/h4,7-12H,2-3,5-6H2,1H3,(H,23,24,25). The second-order valence-corrected chi connectivity index (χ2v) is 7.28. The molecule has 0 saturated heterocycles. The van der Waals surface area contributed by atoms with Crippen LogP contribution in [0.15, 0.2) is 36.7 Å². The number of ether oxygens (including phenoxy) is 2. The summed E-state index contributed by atoms with van der Waals surface area (Å²) in [6.07, 6.45) is 6.15. The first-order valence-corrected chi connectivity index (χ1v) is 9.62. The summed E-state index contributed by atoms with van der Waals surface area (Å²) in [7, 11) is 1.63. The number of aromatic nitrogens is 2. The molecule has 1 heterocycles. The van der Waals surface area contributed by atoms with Crippen LogP contribution in [-0.4, -0.2) is 23.2 Å². The Bertz CT molecular complexity index is 955. The summed E-state index contributed by atoms with van der Waals surface area (Å²) in [6, 6.07) is 9.12. The summed E-state index contributed by atoms with van der Waals surface area (Å²) < 4.78 is 11.8. The Morgan fingerprint density at radius 3 is 2.48 bits per heavy atom. The highest BCUT2D eigenvalue weighted by Crippen LogP contribution is 2.40. The predicted molar refractivity (Wildman–Crippen MR) is 109 cm³/mol. The maximum atomic E-state index is 6.29. The maximum Gasteiger partial charge on any atom is 0.188 e. The van der Waals surface area contributed by atoms with Gasteiger partial charge >= 0.3 is 0 Å². The maximum absolute atomic E-state index is 6.29. The molecular weight excluding hydrogens is 385 g/mol. The third kappa shape index (κ3) is 3.62. The second kappa shape index (κ2) is 7.79. The number of hydrogen-bond donors (Lipinski definition) is 1. The Balaban J connectivity index is 1.79. The fourth-order valence-corrected chi connectivity index (χ4v) is 3.86. The number of halogens is 2. The normalized spacial score (nSPS) is 14.5. The van der Waals surface area contributed by atoms with Crippen LogP contribution in [0.3, 0.4) is 0 Å². The van der Waals surface area contributed by atoms with Gasteiger partial charge in [-0.05, 0) is 49.9 Å². The number of nitrogens with one attached hydrogen (secondary N) is 1. The van der Waals surface area contributed by atoms with Crippen molar-refractivity contribution in [1.82, 2.24) is 9.97 Å². The summed E-state index contributed by atoms with van der Waals surface area (Å²) in [6.45, 7) is 0. The van der Waals surface area contributed by atoms with Crippen molar-refractivity contribution < 1.29 is 9.47 Å². The van der Waals surface area contributed by atoms with Gasteiger partial charge in [-0.3, -0.25) is 0 Å². The monoisotopic (exact) mass is 403 g/mol. The first kappa shape index (κ1) is 18.1. The molecular formula is C20H19Cl2N3O2. The van der Waals surface area contributed by atoms with Crippen LogP contribution < -0.4 is 14.8 Å². The zero-order chi connectivity index (χ0) is 18.8. The lowest BCUT2D eigenvalue weighted by molar-refractivity contribution is 0.203. The van der Waals surface area contributed by atoms with Crippen LogP contribution in [0.5, 0.6) is 11.5 Å². The van der Waals surface area contributed by atoms with Crippen LogP contribution in [0, 0.1) is 0 Å². The number of nitrogens with zero attached hydrogens (tertiary/aromatic N) is 2. The van der Waals surface area contributed by atoms with E-state index in [-0.39, 0.29) is 6.10 Å². The first-order valence-electron chi connectivity index (χ1n) is 8.86. The Labute approximate surface area is 167 Å². The van der Waals surface area contributed by atoms with Crippen LogP contribution in [0.1, 0.15) is 25.7 Å². The van der Waals surface area contributed by atoms with Crippen molar-refractivity contribution >= 4 is 45.6 Å². The third-order valence-electron chi connectivity index (χ3n) is 4.74. The Morgan fingerprint density at radius 2 is 1.78 bits per heavy atom. The molecule has 1 saturated carbocycles. The zero-order valence-electron chi connectivity index (χ0n) is 14.8. The SMILES string of the molecule is COc1ccc2c(Nc3c(Cl)cccc3Cl)ncnc2c1OC1CCCC1. The second-order valence-electron chi connectivity index (χ2n) is 6.46. The number of benzene rings is 2. The van der Waals surface area contributed by atoms with Crippen molar-refractivity contribution in [2.75, 3.05) is 12.4 Å². The lowest BCUT2D eigenvalue weighted by Crippen LogP contribution is -2.12. The lowest BCUT2D eigenvalue weighted by atomic mass is 10.2. The largest absolute Gasteiger partial charge is 0.493 e. The Hall–Kier alpha value is -2.24. The number of rotatable bonds is 5. The fraction of sp³-hybridized carbons (Fsp3) is 0.300. The predicted octanol–water partition coefficient (Wildman–Crippen LogP) is 6.01. The van der Waals surface area contributed by atoms with Crippen molar-refractivity contribution in [2.24, 2.45) is 0 Å². The summed E-state index contributed by atoms with van der Waals surface area (Å²) in [5, 5.41) is 5.08. The Kier molecular flexibility index (Phi) is 5.23. The van der Waals surface area contributed by atoms with Crippen LogP contribution in [0.25, 0.3) is 10.9 Å². The quantitative estimate of drug-likeness (QED) is 0.564. The van der Waals surface area contributed by atoms with E-state index >= 15 is 0 Å². The van der Waals surface area contributed by atoms with Gasteiger partial charge in [-0.1, -0.05) is 29.3 Å². The summed E-state index contributed by atoms with van der Waals surface area (Å²) in [4.78, 5) is 8.83. The van der Waals surface area contributed by atoms with Crippen LogP contribution in [0.2, 0.25) is 10.0 Å². The summed E-state index contributed by atoms with van der Waals surface area (Å²) in [5.41, 5.74) is 1.30. The molecule has 0 aliphatic heterocycles. The molecule has 1 fully saturated rings. The molecule has 1 aliphatic rings. The minimum atomic E-state index is 0.189. The molecule has 2 aromatic carbocycles. The molecule has 0 atom stereocenters. The van der Waals surface area contributed by atoms with E-state index < -0.39 is 0 Å². The highest BCUT2D eigenvalue weighted by Gasteiger charge is 2.22. The van der Waals surface area contributed by atoms with Crippen LogP contribution in [-0.2, 0) is 0 Å². The minimum Gasteiger partial charge on any atom is -0.493 e. The molecule has 1 aromatic heterocycles. The molecule has 27 heavy (non-hydrogen) atoms. The highest BCUT2D eigenvalue weighted by atomic mass is 35.5. The molecule has 5 nitrogen and oxygen atoms in total. The van der Waals surface area contributed by atoms with Gasteiger partial charge in [0.2, 0.25) is 0 Å². The molecule has 1 N–H and O–H groups in total. The fourth-order valence-electron chi connectivity index (χ4n) is 3.37. The van der Waals surface area contributed by atoms with E-state index in [4.69, 9.17) is 32.7 Å². The zero-order valence-corrected chi connectivity index (χ0v) is 16.3. The van der Waals surface area contributed by atoms with E-state index in [1.54, 1.807) is 25.3 Å². The van der Waals surface area contributed by atoms with Gasteiger partial charge in [-0.2, -0.15) is 0 Å². The lowest BCUT2D eigenvalue weighted by Gasteiger charge is -2.18. The molecule has 1 aliphatic carbocycles. The molecule has 7 heteroatoms. The average molecular weight is 404 g/mol. The number of hydrogen-bond acceptors (Lipinski definition) is 5. The van der Waals surface area contributed by atoms with Gasteiger partial charge in [-0.15, -0.1) is 0 Å². The van der Waals surface area contributed by atoms with Gasteiger partial charge in [0.1, 0.15) is 17.7 Å². The van der Waals surface area contributed by atoms with Gasteiger partial charge in [0.05, 0.1) is 28.9 Å². The van der Waals surface area contributed by atoms with Crippen molar-refractivity contribution in [1.29, 1.82) is 0 Å². The topological polar surface area (TPSA) is 56.3 Å². The van der Waals surface area contributed by atoms with E-state index in [0.717, 1.165) is 18.2 Å². The molecule has 0 unspecified atom stereocenters. The van der Waals surface area contributed by atoms with E-state index in [1.165, 1.54) is 19.2 Å². The first-order chi connectivity index (χ1) is 13.2. The van der Waals surface area contributed by atoms with Gasteiger partial charge < -0.3 is 14.8 Å². The number of anilines is 2. The molecule has 4 rings (SSSR count). The highest BCUT2D eigenvalue weighted by molar-refractivity contribution is 6.39. The van der Waals surface area contributed by atoms with Gasteiger partial charge in [0.25, 0.3) is 0 Å². The minimum absolute atomic E-state index is 0.189. The number of methoxy groups -OCH3 is 1. The number of para-hydroxylation sites is 1. The summed E-state index contributed by atoms with van der Waals surface area (Å²) in [5.74, 6) is 1.92. The molecule has 0 spiro atoms. The van der Waals surface area contributed by atoms with Crippen molar-refractivity contribution in [3.05, 3.63) is 46.7 Å². The van der Waals surface area contributed by atoms with Crippen LogP contribution in [0.4, 0.5) is 11.5 Å². The third-order valence-corrected chi connectivity index (χ3v) is 5.37. The molecule has 0 amide bonds. The van der Waals surface area contributed by atoms with Crippen molar-refractivity contribution in [3.63, 3.8) is 0 Å². The van der Waals surface area contributed by atoms with Crippen molar-refractivity contribution in [3.8, 4) is 11.5 Å². The summed E-state index contributed by atoms with van der Waals surface area (Å²) >= 11 is 12.6. The average Bonchev–Trinajstić information content (AvgIpc) is 3.18. The van der Waals surface area contributed by atoms with Gasteiger partial charge in [0, 0.05) is 5.39 Å². The molecule has 140 valence electrons. The van der Waals surface area contributed by atoms with Gasteiger partial charge in [-0.25, -0.2) is 9.97 Å². The van der Waals surface area contributed by atoms with Crippen molar-refractivity contribution in [2.45, 2.75) is 31.8 Å². The van der Waals surface area contributed by atoms with E-state index in [2.05, 4.69) is 15.3 Å².